The Morgan fingerprint density at radius 2 is 1.93 bits per heavy atom. The molecule has 3 heterocycles. The number of ether oxygens (including phenoxy) is 1. The average Bonchev–Trinajstić information content (AvgIpc) is 3.41. The summed E-state index contributed by atoms with van der Waals surface area (Å²) in [4.78, 5) is 7.01. The van der Waals surface area contributed by atoms with Crippen molar-refractivity contribution in [1.29, 1.82) is 0 Å². The van der Waals surface area contributed by atoms with Crippen molar-refractivity contribution in [2.75, 3.05) is 33.3 Å². The minimum absolute atomic E-state index is 0.420. The molecule has 6 nitrogen and oxygen atoms in total. The van der Waals surface area contributed by atoms with Crippen molar-refractivity contribution in [3.63, 3.8) is 0 Å². The number of piperazine rings is 1. The summed E-state index contributed by atoms with van der Waals surface area (Å²) in [6.07, 6.45) is 0. The van der Waals surface area contributed by atoms with Crippen LogP contribution in [0, 0.1) is 0 Å². The summed E-state index contributed by atoms with van der Waals surface area (Å²) in [6.45, 7) is 3.17. The molecule has 2 aromatic heterocycles. The number of thiophene rings is 1. The Labute approximate surface area is 173 Å². The smallest absolute Gasteiger partial charge is 0.252 e. The standard InChI is InChI=1S/C19H21N3O3S3/c1-25-16-5-2-4-15(12-16)17-14-27-18(20-17)13-21-7-9-22(10-8-21)28(23,24)19-6-3-11-26-19/h2-6,11-12,14H,7-10,13H2,1H3. The molecule has 1 saturated heterocycles. The van der Waals surface area contributed by atoms with Gasteiger partial charge in [0.05, 0.1) is 19.3 Å². The lowest BCUT2D eigenvalue weighted by Crippen LogP contribution is -2.48. The van der Waals surface area contributed by atoms with Gasteiger partial charge in [0.25, 0.3) is 10.0 Å². The van der Waals surface area contributed by atoms with Crippen LogP contribution < -0.4 is 4.74 Å². The number of rotatable bonds is 6. The molecule has 0 unspecified atom stereocenters. The van der Waals surface area contributed by atoms with Gasteiger partial charge >= 0.3 is 0 Å². The predicted octanol–water partition coefficient (Wildman–Crippen LogP) is 3.39. The quantitative estimate of drug-likeness (QED) is 0.594. The predicted molar refractivity (Wildman–Crippen MR) is 112 cm³/mol. The fraction of sp³-hybridized carbons (Fsp3) is 0.316. The molecule has 1 aliphatic heterocycles. The van der Waals surface area contributed by atoms with Gasteiger partial charge in [-0.2, -0.15) is 4.31 Å². The molecule has 4 rings (SSSR count). The summed E-state index contributed by atoms with van der Waals surface area (Å²) in [7, 11) is -1.70. The third kappa shape index (κ3) is 4.13. The normalized spacial score (nSPS) is 16.3. The summed E-state index contributed by atoms with van der Waals surface area (Å²) >= 11 is 2.90. The number of sulfonamides is 1. The van der Waals surface area contributed by atoms with Crippen molar-refractivity contribution in [3.05, 3.63) is 52.2 Å². The largest absolute Gasteiger partial charge is 0.497 e. The molecule has 0 atom stereocenters. The number of hydrogen-bond donors (Lipinski definition) is 0. The molecular formula is C19H21N3O3S3. The fourth-order valence-corrected chi connectivity index (χ4v) is 6.57. The third-order valence-corrected chi connectivity index (χ3v) is 8.80. The zero-order chi connectivity index (χ0) is 19.6. The summed E-state index contributed by atoms with van der Waals surface area (Å²) in [5.74, 6) is 0.815. The first-order valence-electron chi connectivity index (χ1n) is 8.91. The highest BCUT2D eigenvalue weighted by Crippen LogP contribution is 2.27. The summed E-state index contributed by atoms with van der Waals surface area (Å²) in [6, 6.07) is 11.3. The topological polar surface area (TPSA) is 62.7 Å². The van der Waals surface area contributed by atoms with E-state index in [2.05, 4.69) is 10.3 Å². The van der Waals surface area contributed by atoms with E-state index >= 15 is 0 Å². The van der Waals surface area contributed by atoms with Crippen LogP contribution in [0.15, 0.2) is 51.4 Å². The molecule has 1 fully saturated rings. The van der Waals surface area contributed by atoms with Crippen LogP contribution in [-0.2, 0) is 16.6 Å². The van der Waals surface area contributed by atoms with Gasteiger partial charge in [0.1, 0.15) is 15.0 Å². The van der Waals surface area contributed by atoms with Gasteiger partial charge in [-0.1, -0.05) is 18.2 Å². The average molecular weight is 436 g/mol. The molecule has 1 aromatic carbocycles. The van der Waals surface area contributed by atoms with E-state index in [4.69, 9.17) is 9.72 Å². The van der Waals surface area contributed by atoms with Gasteiger partial charge in [0.2, 0.25) is 0 Å². The molecule has 28 heavy (non-hydrogen) atoms. The monoisotopic (exact) mass is 435 g/mol. The van der Waals surface area contributed by atoms with Gasteiger partial charge in [-0.3, -0.25) is 4.90 Å². The lowest BCUT2D eigenvalue weighted by Gasteiger charge is -2.33. The molecular weight excluding hydrogens is 414 g/mol. The molecule has 0 aliphatic carbocycles. The SMILES string of the molecule is COc1cccc(-c2csc(CN3CCN(S(=O)(=O)c4cccs4)CC3)n2)c1. The van der Waals surface area contributed by atoms with E-state index in [9.17, 15) is 8.42 Å². The maximum Gasteiger partial charge on any atom is 0.252 e. The molecule has 0 radical (unpaired) electrons. The van der Waals surface area contributed by atoms with Crippen molar-refractivity contribution in [2.24, 2.45) is 0 Å². The van der Waals surface area contributed by atoms with Crippen LogP contribution in [0.1, 0.15) is 5.01 Å². The van der Waals surface area contributed by atoms with Gasteiger partial charge in [-0.15, -0.1) is 22.7 Å². The first-order chi connectivity index (χ1) is 13.6. The van der Waals surface area contributed by atoms with Crippen molar-refractivity contribution in [2.45, 2.75) is 10.8 Å². The molecule has 1 aliphatic rings. The lowest BCUT2D eigenvalue weighted by molar-refractivity contribution is 0.181. The zero-order valence-electron chi connectivity index (χ0n) is 15.4. The maximum absolute atomic E-state index is 12.6. The molecule has 0 spiro atoms. The van der Waals surface area contributed by atoms with E-state index in [1.165, 1.54) is 11.3 Å². The van der Waals surface area contributed by atoms with E-state index in [0.29, 0.717) is 30.4 Å². The van der Waals surface area contributed by atoms with Crippen LogP contribution in [-0.4, -0.2) is 55.9 Å². The molecule has 0 bridgehead atoms. The first-order valence-corrected chi connectivity index (χ1v) is 12.1. The highest BCUT2D eigenvalue weighted by Gasteiger charge is 2.29. The van der Waals surface area contributed by atoms with Gasteiger partial charge in [-0.05, 0) is 23.6 Å². The van der Waals surface area contributed by atoms with Crippen LogP contribution in [0.3, 0.4) is 0 Å². The second-order valence-electron chi connectivity index (χ2n) is 6.47. The van der Waals surface area contributed by atoms with Gasteiger partial charge in [-0.25, -0.2) is 13.4 Å². The molecule has 148 valence electrons. The Kier molecular flexibility index (Phi) is 5.79. The Bertz CT molecular complexity index is 1020. The number of benzene rings is 1. The van der Waals surface area contributed by atoms with Crippen molar-refractivity contribution >= 4 is 32.7 Å². The van der Waals surface area contributed by atoms with E-state index in [1.54, 1.807) is 40.3 Å². The van der Waals surface area contributed by atoms with E-state index in [-0.39, 0.29) is 0 Å². The van der Waals surface area contributed by atoms with Crippen LogP contribution in [0.4, 0.5) is 0 Å². The Hall–Kier alpha value is -1.78. The van der Waals surface area contributed by atoms with Gasteiger partial charge < -0.3 is 4.74 Å². The van der Waals surface area contributed by atoms with Crippen LogP contribution >= 0.6 is 22.7 Å². The van der Waals surface area contributed by atoms with Crippen molar-refractivity contribution in [3.8, 4) is 17.0 Å². The van der Waals surface area contributed by atoms with Crippen molar-refractivity contribution < 1.29 is 13.2 Å². The number of hydrogen-bond acceptors (Lipinski definition) is 7. The van der Waals surface area contributed by atoms with Crippen LogP contribution in [0.2, 0.25) is 0 Å². The number of thiazole rings is 1. The second-order valence-corrected chi connectivity index (χ2v) is 10.5. The third-order valence-electron chi connectivity index (χ3n) is 4.70. The first kappa shape index (κ1) is 19.5. The zero-order valence-corrected chi connectivity index (χ0v) is 17.9. The van der Waals surface area contributed by atoms with Crippen LogP contribution in [0.25, 0.3) is 11.3 Å². The Morgan fingerprint density at radius 3 is 2.64 bits per heavy atom. The molecule has 0 N–H and O–H groups in total. The summed E-state index contributed by atoms with van der Waals surface area (Å²) in [5.41, 5.74) is 1.98. The van der Waals surface area contributed by atoms with Crippen LogP contribution in [0.5, 0.6) is 5.75 Å². The Morgan fingerprint density at radius 1 is 1.11 bits per heavy atom. The highest BCUT2D eigenvalue weighted by molar-refractivity contribution is 7.91. The van der Waals surface area contributed by atoms with Gasteiger partial charge in [0, 0.05) is 37.1 Å². The fourth-order valence-electron chi connectivity index (χ4n) is 3.16. The second kappa shape index (κ2) is 8.30. The van der Waals surface area contributed by atoms with Crippen molar-refractivity contribution in [1.82, 2.24) is 14.2 Å². The minimum Gasteiger partial charge on any atom is -0.497 e. The van der Waals surface area contributed by atoms with E-state index in [1.807, 2.05) is 24.3 Å². The van der Waals surface area contributed by atoms with E-state index < -0.39 is 10.0 Å². The lowest BCUT2D eigenvalue weighted by atomic mass is 10.2. The maximum atomic E-state index is 12.6. The minimum atomic E-state index is -3.35. The number of aromatic nitrogens is 1. The molecule has 0 saturated carbocycles. The molecule has 3 aromatic rings. The number of nitrogens with zero attached hydrogens (tertiary/aromatic N) is 3. The Balaban J connectivity index is 1.37. The van der Waals surface area contributed by atoms with Gasteiger partial charge in [0.15, 0.2) is 0 Å². The number of methoxy groups -OCH3 is 1. The summed E-state index contributed by atoms with van der Waals surface area (Å²) < 4.78 is 32.5. The molecule has 9 heteroatoms. The molecule has 0 amide bonds. The summed E-state index contributed by atoms with van der Waals surface area (Å²) in [5, 5.41) is 4.89. The highest BCUT2D eigenvalue weighted by atomic mass is 32.2. The van der Waals surface area contributed by atoms with E-state index in [0.717, 1.165) is 28.6 Å².